The van der Waals surface area contributed by atoms with Gasteiger partial charge in [0.05, 0.1) is 5.92 Å². The minimum atomic E-state index is 0.207. The molecule has 4 atom stereocenters. The summed E-state index contributed by atoms with van der Waals surface area (Å²) in [6, 6.07) is 0.987. The molecule has 3 saturated heterocycles. The van der Waals surface area contributed by atoms with E-state index in [4.69, 9.17) is 0 Å². The zero-order valence-electron chi connectivity index (χ0n) is 9.67. The number of nitrogens with one attached hydrogen (secondary N) is 3. The summed E-state index contributed by atoms with van der Waals surface area (Å²) in [5.74, 6) is 0.988. The Morgan fingerprint density at radius 2 is 1.69 bits per heavy atom. The van der Waals surface area contributed by atoms with E-state index < -0.39 is 0 Å². The van der Waals surface area contributed by atoms with Crippen molar-refractivity contribution in [3.05, 3.63) is 0 Å². The third-order valence-electron chi connectivity index (χ3n) is 4.42. The van der Waals surface area contributed by atoms with Crippen molar-refractivity contribution in [2.45, 2.75) is 37.8 Å². The summed E-state index contributed by atoms with van der Waals surface area (Å²) < 4.78 is 0. The van der Waals surface area contributed by atoms with Crippen LogP contribution in [0.5, 0.6) is 0 Å². The molecule has 4 nitrogen and oxygen atoms in total. The second kappa shape index (κ2) is 4.34. The van der Waals surface area contributed by atoms with Crippen molar-refractivity contribution in [2.24, 2.45) is 11.8 Å². The second-order valence-electron chi connectivity index (χ2n) is 5.34. The van der Waals surface area contributed by atoms with Gasteiger partial charge < -0.3 is 16.0 Å². The maximum absolute atomic E-state index is 11.9. The molecular weight excluding hydrogens is 202 g/mol. The number of hydrogen-bond donors (Lipinski definition) is 3. The first kappa shape index (κ1) is 10.5. The molecule has 0 saturated carbocycles. The van der Waals surface area contributed by atoms with Gasteiger partial charge in [0.15, 0.2) is 0 Å². The predicted octanol–water partition coefficient (Wildman–Crippen LogP) is -0.147. The average molecular weight is 223 g/mol. The monoisotopic (exact) mass is 223 g/mol. The zero-order chi connectivity index (χ0) is 11.0. The molecule has 3 aliphatic rings. The largest absolute Gasteiger partial charge is 0.355 e. The van der Waals surface area contributed by atoms with Crippen LogP contribution in [0, 0.1) is 11.8 Å². The lowest BCUT2D eigenvalue weighted by atomic mass is 9.82. The molecule has 0 aromatic heterocycles. The fourth-order valence-corrected chi connectivity index (χ4v) is 3.63. The Labute approximate surface area is 96.5 Å². The maximum Gasteiger partial charge on any atom is 0.225 e. The van der Waals surface area contributed by atoms with Crippen molar-refractivity contribution >= 4 is 5.91 Å². The Hall–Kier alpha value is -0.610. The molecule has 3 fully saturated rings. The van der Waals surface area contributed by atoms with E-state index in [9.17, 15) is 4.79 Å². The van der Waals surface area contributed by atoms with Gasteiger partial charge in [-0.3, -0.25) is 4.79 Å². The van der Waals surface area contributed by atoms with Crippen molar-refractivity contribution in [3.8, 4) is 0 Å². The Kier molecular flexibility index (Phi) is 2.86. The highest BCUT2D eigenvalue weighted by molar-refractivity contribution is 5.82. The van der Waals surface area contributed by atoms with Crippen LogP contribution in [0.15, 0.2) is 0 Å². The number of amides is 1. The van der Waals surface area contributed by atoms with Crippen molar-refractivity contribution < 1.29 is 4.79 Å². The fourth-order valence-electron chi connectivity index (χ4n) is 3.63. The SMILES string of the molecule is O=C1NC[C@H]([C@@H]2CCCN2)[C@H]1[C@@H]1CCCN1. The first-order valence-electron chi connectivity index (χ1n) is 6.61. The van der Waals surface area contributed by atoms with E-state index in [2.05, 4.69) is 16.0 Å². The quantitative estimate of drug-likeness (QED) is 0.610. The van der Waals surface area contributed by atoms with Crippen LogP contribution in [0.1, 0.15) is 25.7 Å². The van der Waals surface area contributed by atoms with E-state index in [-0.39, 0.29) is 11.8 Å². The summed E-state index contributed by atoms with van der Waals surface area (Å²) in [7, 11) is 0. The standard InChI is InChI=1S/C12H21N3O/c16-12-11(10-4-2-6-14-10)8(7-15-12)9-3-1-5-13-9/h8-11,13-14H,1-7H2,(H,15,16)/t8-,9+,10+,11+/m1/s1. The number of carbonyl (C=O) groups excluding carboxylic acids is 1. The predicted molar refractivity (Wildman–Crippen MR) is 62.0 cm³/mol. The number of rotatable bonds is 2. The van der Waals surface area contributed by atoms with Gasteiger partial charge in [0.2, 0.25) is 5.91 Å². The van der Waals surface area contributed by atoms with Gasteiger partial charge in [0.1, 0.15) is 0 Å². The lowest BCUT2D eigenvalue weighted by Gasteiger charge is -2.27. The smallest absolute Gasteiger partial charge is 0.225 e. The summed E-state index contributed by atoms with van der Waals surface area (Å²) in [4.78, 5) is 11.9. The first-order valence-corrected chi connectivity index (χ1v) is 6.61. The second-order valence-corrected chi connectivity index (χ2v) is 5.34. The van der Waals surface area contributed by atoms with E-state index in [0.29, 0.717) is 18.0 Å². The third kappa shape index (κ3) is 1.74. The summed E-state index contributed by atoms with van der Waals surface area (Å²) in [6.07, 6.45) is 4.89. The topological polar surface area (TPSA) is 53.2 Å². The minimum absolute atomic E-state index is 0.207. The maximum atomic E-state index is 11.9. The Bertz CT molecular complexity index is 269. The number of hydrogen-bond acceptors (Lipinski definition) is 3. The first-order chi connectivity index (χ1) is 7.86. The molecule has 3 rings (SSSR count). The van der Waals surface area contributed by atoms with Gasteiger partial charge in [0.25, 0.3) is 0 Å². The van der Waals surface area contributed by atoms with Crippen molar-refractivity contribution in [1.82, 2.24) is 16.0 Å². The third-order valence-corrected chi connectivity index (χ3v) is 4.42. The van der Waals surface area contributed by atoms with Crippen molar-refractivity contribution in [2.75, 3.05) is 19.6 Å². The van der Waals surface area contributed by atoms with Crippen LogP contribution in [-0.2, 0) is 4.79 Å². The van der Waals surface area contributed by atoms with Gasteiger partial charge >= 0.3 is 0 Å². The minimum Gasteiger partial charge on any atom is -0.355 e. The molecular formula is C12H21N3O. The zero-order valence-corrected chi connectivity index (χ0v) is 9.67. The summed E-state index contributed by atoms with van der Waals surface area (Å²) in [5.41, 5.74) is 0. The molecule has 0 aliphatic carbocycles. The van der Waals surface area contributed by atoms with E-state index in [1.807, 2.05) is 0 Å². The van der Waals surface area contributed by atoms with E-state index in [1.54, 1.807) is 0 Å². The molecule has 1 amide bonds. The molecule has 0 bridgehead atoms. The molecule has 16 heavy (non-hydrogen) atoms. The summed E-state index contributed by atoms with van der Waals surface area (Å²) in [6.45, 7) is 3.08. The average Bonchev–Trinajstić information content (AvgIpc) is 2.96. The van der Waals surface area contributed by atoms with Crippen LogP contribution >= 0.6 is 0 Å². The highest BCUT2D eigenvalue weighted by Crippen LogP contribution is 2.31. The van der Waals surface area contributed by atoms with Gasteiger partial charge in [0, 0.05) is 24.5 Å². The van der Waals surface area contributed by atoms with Crippen molar-refractivity contribution in [3.63, 3.8) is 0 Å². The Balaban J connectivity index is 1.73. The lowest BCUT2D eigenvalue weighted by Crippen LogP contribution is -2.43. The molecule has 0 aromatic rings. The highest BCUT2D eigenvalue weighted by Gasteiger charge is 2.44. The van der Waals surface area contributed by atoms with E-state index in [1.165, 1.54) is 25.7 Å². The Morgan fingerprint density at radius 1 is 1.00 bits per heavy atom. The molecule has 4 heteroatoms. The van der Waals surface area contributed by atoms with Crippen LogP contribution in [0.3, 0.4) is 0 Å². The molecule has 0 radical (unpaired) electrons. The molecule has 3 N–H and O–H groups in total. The molecule has 0 aromatic carbocycles. The molecule has 3 heterocycles. The van der Waals surface area contributed by atoms with Crippen molar-refractivity contribution in [1.29, 1.82) is 0 Å². The molecule has 90 valence electrons. The van der Waals surface area contributed by atoms with E-state index >= 15 is 0 Å². The summed E-state index contributed by atoms with van der Waals surface area (Å²) in [5, 5.41) is 10.1. The molecule has 0 spiro atoms. The van der Waals surface area contributed by atoms with Gasteiger partial charge in [-0.05, 0) is 38.8 Å². The molecule has 0 unspecified atom stereocenters. The van der Waals surface area contributed by atoms with Gasteiger partial charge in [-0.15, -0.1) is 0 Å². The van der Waals surface area contributed by atoms with Gasteiger partial charge in [-0.1, -0.05) is 0 Å². The van der Waals surface area contributed by atoms with Gasteiger partial charge in [-0.2, -0.15) is 0 Å². The van der Waals surface area contributed by atoms with Crippen LogP contribution < -0.4 is 16.0 Å². The number of carbonyl (C=O) groups is 1. The van der Waals surface area contributed by atoms with E-state index in [0.717, 1.165) is 19.6 Å². The Morgan fingerprint density at radius 3 is 2.31 bits per heavy atom. The van der Waals surface area contributed by atoms with Crippen LogP contribution in [0.2, 0.25) is 0 Å². The molecule has 3 aliphatic heterocycles. The van der Waals surface area contributed by atoms with Crippen LogP contribution in [-0.4, -0.2) is 37.6 Å². The summed E-state index contributed by atoms with van der Waals surface area (Å²) >= 11 is 0. The van der Waals surface area contributed by atoms with Gasteiger partial charge in [-0.25, -0.2) is 0 Å². The van der Waals surface area contributed by atoms with Crippen LogP contribution in [0.4, 0.5) is 0 Å². The lowest BCUT2D eigenvalue weighted by molar-refractivity contribution is -0.123. The fraction of sp³-hybridized carbons (Fsp3) is 0.917. The normalized spacial score (nSPS) is 43.9. The highest BCUT2D eigenvalue weighted by atomic mass is 16.2. The van der Waals surface area contributed by atoms with Crippen LogP contribution in [0.25, 0.3) is 0 Å².